The third-order valence-electron chi connectivity index (χ3n) is 23.5. The fourth-order valence-electron chi connectivity index (χ4n) is 18.2. The molecule has 4 heterocycles. The van der Waals surface area contributed by atoms with Gasteiger partial charge in [-0.3, -0.25) is 34.5 Å². The van der Waals surface area contributed by atoms with E-state index in [9.17, 15) is 5.26 Å². The summed E-state index contributed by atoms with van der Waals surface area (Å²) in [5, 5.41) is 48.3. The van der Waals surface area contributed by atoms with Crippen LogP contribution in [0, 0.1) is 38.0 Å². The highest BCUT2D eigenvalue weighted by Crippen LogP contribution is 2.51. The number of pyridine rings is 4. The van der Waals surface area contributed by atoms with E-state index in [1.807, 2.05) is 73.2 Å². The summed E-state index contributed by atoms with van der Waals surface area (Å²) in [7, 11) is 0. The predicted octanol–water partition coefficient (Wildman–Crippen LogP) is 30.3. The highest BCUT2D eigenvalue weighted by molar-refractivity contribution is 6.35. The summed E-state index contributed by atoms with van der Waals surface area (Å²) < 4.78 is 0. The third kappa shape index (κ3) is 11.2. The van der Waals surface area contributed by atoms with Crippen molar-refractivity contribution in [3.05, 3.63) is 404 Å². The minimum absolute atomic E-state index is 0.0642. The summed E-state index contributed by atoms with van der Waals surface area (Å²) in [6.45, 7) is 25.0. The van der Waals surface area contributed by atoms with Gasteiger partial charge in [0.15, 0.2) is 5.69 Å². The molecule has 0 atom stereocenters. The molecule has 0 spiro atoms. The van der Waals surface area contributed by atoms with E-state index in [0.29, 0.717) is 10.8 Å². The number of aryl methyl sites for hydroxylation is 1. The van der Waals surface area contributed by atoms with Crippen molar-refractivity contribution in [2.45, 2.75) is 6.92 Å². The van der Waals surface area contributed by atoms with E-state index in [4.69, 9.17) is 29.7 Å². The second kappa shape index (κ2) is 28.1. The molecular weight excluding hydrogens is 1420 g/mol. The number of hydrogen-bond acceptors (Lipinski definition) is 5. The van der Waals surface area contributed by atoms with Gasteiger partial charge in [0.25, 0.3) is 0 Å². The second-order valence-corrected chi connectivity index (χ2v) is 29.7. The second-order valence-electron chi connectivity index (χ2n) is 29.7. The Kier molecular flexibility index (Phi) is 16.5. The van der Waals surface area contributed by atoms with Gasteiger partial charge in [-0.05, 0) is 242 Å². The molecule has 0 saturated heterocycles. The molecule has 117 heavy (non-hydrogen) atoms. The van der Waals surface area contributed by atoms with Crippen LogP contribution in [0.5, 0.6) is 0 Å². The van der Waals surface area contributed by atoms with Crippen LogP contribution in [-0.4, -0.2) is 19.9 Å². The molecule has 8 heteroatoms. The summed E-state index contributed by atoms with van der Waals surface area (Å²) in [6.07, 6.45) is 7.43. The lowest BCUT2D eigenvalue weighted by Crippen LogP contribution is -1.94. The fourth-order valence-corrected chi connectivity index (χ4v) is 18.2. The zero-order chi connectivity index (χ0) is 78.4. The van der Waals surface area contributed by atoms with Crippen LogP contribution in [0.4, 0.5) is 17.1 Å². The summed E-state index contributed by atoms with van der Waals surface area (Å²) >= 11 is 0. The maximum atomic E-state index is 9.92. The minimum atomic E-state index is -0.0652. The van der Waals surface area contributed by atoms with Gasteiger partial charge in [-0.15, -0.1) is 0 Å². The standard InChI is InChI=1S/C30H21N.C29H11N5.2C25H15N/c1-20-24(15-8-18-31-20)30-28-14-7-5-12-26(28)25-11-4-6-13-27(25)29(30)23-17-16-21-9-2-3-10-22(21)19-23;1-31-27-24-14-21-19-11-16-7-4-5-8-17(16)12-23(19)26-18(9-6-10-34-26)20(21)13-22(24)25(15-30)28(32-2)29(27)33-3;1-2-8-18-15-23-22(14-17(18)7-1)20-12-11-16-6-3-4-9-19(16)24(20)21-10-5-13-26-25(21)23;1-2-8-18-15-23-22(14-17(18)7-1)24-19-9-4-3-6-16(19)11-12-20(24)21-10-5-13-26-25(21)23/h2-19H,1H3;4-14H;2*1-15H. The summed E-state index contributed by atoms with van der Waals surface area (Å²) in [5.74, 6) is 0. The van der Waals surface area contributed by atoms with Gasteiger partial charge in [-0.1, -0.05) is 261 Å². The molecular formula is C109H62N8. The van der Waals surface area contributed by atoms with Crippen LogP contribution in [0.15, 0.2) is 358 Å². The summed E-state index contributed by atoms with van der Waals surface area (Å²) in [6, 6.07) is 120. The van der Waals surface area contributed by atoms with Gasteiger partial charge in [-0.25, -0.2) is 0 Å². The van der Waals surface area contributed by atoms with Crippen molar-refractivity contribution in [3.63, 3.8) is 0 Å². The smallest absolute Gasteiger partial charge is 0.202 e. The van der Waals surface area contributed by atoms with Crippen molar-refractivity contribution >= 4 is 211 Å². The first-order valence-corrected chi connectivity index (χ1v) is 38.9. The van der Waals surface area contributed by atoms with Crippen LogP contribution in [-0.2, 0) is 0 Å². The molecule has 0 fully saturated rings. The summed E-state index contributed by atoms with van der Waals surface area (Å²) in [5.41, 5.74) is 9.12. The van der Waals surface area contributed by atoms with E-state index >= 15 is 0 Å². The van der Waals surface area contributed by atoms with Gasteiger partial charge < -0.3 is 0 Å². The normalized spacial score (nSPS) is 11.4. The Morgan fingerprint density at radius 2 is 0.590 bits per heavy atom. The topological polar surface area (TPSA) is 88.4 Å². The highest BCUT2D eigenvalue weighted by atomic mass is 14.8. The minimum Gasteiger partial charge on any atom is -0.262 e. The lowest BCUT2D eigenvalue weighted by molar-refractivity contribution is 1.21. The molecule has 0 radical (unpaired) electrons. The van der Waals surface area contributed by atoms with Crippen LogP contribution in [0.1, 0.15) is 11.3 Å². The number of hydrogen-bond donors (Lipinski definition) is 0. The number of nitrogens with zero attached hydrogens (tertiary/aromatic N) is 8. The van der Waals surface area contributed by atoms with E-state index in [-0.39, 0.29) is 22.6 Å². The molecule has 24 aromatic rings. The zero-order valence-electron chi connectivity index (χ0n) is 63.1. The Balaban J connectivity index is 0.0000000978. The lowest BCUT2D eigenvalue weighted by Gasteiger charge is -2.19. The number of aromatic nitrogens is 4. The molecule has 4 aromatic heterocycles. The van der Waals surface area contributed by atoms with E-state index in [2.05, 4.69) is 317 Å². The van der Waals surface area contributed by atoms with Crippen LogP contribution in [0.3, 0.4) is 0 Å². The van der Waals surface area contributed by atoms with Crippen LogP contribution in [0.2, 0.25) is 0 Å². The molecule has 0 unspecified atom stereocenters. The number of rotatable bonds is 2. The Morgan fingerprint density at radius 3 is 1.11 bits per heavy atom. The molecule has 0 aliphatic heterocycles. The van der Waals surface area contributed by atoms with Gasteiger partial charge >= 0.3 is 0 Å². The molecule has 24 rings (SSSR count). The van der Waals surface area contributed by atoms with Crippen LogP contribution in [0.25, 0.3) is 231 Å². The quantitative estimate of drug-likeness (QED) is 0.0977. The molecule has 0 aliphatic rings. The average molecular weight is 1480 g/mol. The van der Waals surface area contributed by atoms with Crippen molar-refractivity contribution in [1.29, 1.82) is 5.26 Å². The van der Waals surface area contributed by atoms with E-state index < -0.39 is 0 Å². The largest absolute Gasteiger partial charge is 0.262 e. The molecule has 538 valence electrons. The Bertz CT molecular complexity index is 8560. The van der Waals surface area contributed by atoms with Gasteiger partial charge in [0.05, 0.1) is 47.9 Å². The van der Waals surface area contributed by atoms with Crippen molar-refractivity contribution < 1.29 is 0 Å². The monoisotopic (exact) mass is 1480 g/mol. The lowest BCUT2D eigenvalue weighted by atomic mass is 9.84. The zero-order valence-corrected chi connectivity index (χ0v) is 63.1. The van der Waals surface area contributed by atoms with Crippen LogP contribution < -0.4 is 0 Å². The molecule has 0 aliphatic carbocycles. The number of fused-ring (bicyclic) bond motifs is 30. The first-order chi connectivity index (χ1) is 57.8. The number of benzene rings is 20. The molecule has 0 bridgehead atoms. The van der Waals surface area contributed by atoms with Gasteiger partial charge in [0.1, 0.15) is 0 Å². The van der Waals surface area contributed by atoms with Crippen molar-refractivity contribution in [1.82, 2.24) is 19.9 Å². The van der Waals surface area contributed by atoms with Crippen molar-refractivity contribution in [2.75, 3.05) is 0 Å². The maximum absolute atomic E-state index is 9.92. The third-order valence-corrected chi connectivity index (χ3v) is 23.5. The number of nitriles is 1. The summed E-state index contributed by atoms with van der Waals surface area (Å²) in [4.78, 5) is 29.4. The maximum Gasteiger partial charge on any atom is 0.202 e. The van der Waals surface area contributed by atoms with E-state index in [1.54, 1.807) is 6.20 Å². The first-order valence-electron chi connectivity index (χ1n) is 38.9. The Hall–Kier alpha value is -16.4. The van der Waals surface area contributed by atoms with Gasteiger partial charge in [0, 0.05) is 68.4 Å². The SMILES string of the molecule is Cc1ncccc1-c1c(-c2ccc3ccccc3c2)c2ccccc2c2ccccc12.[C-]#[N+]c1c([N+]#[C-])c([N+]#[C-])c2cc3c(cc2c1C#N)c1cccnc1c1cc2ccccc2cc31.c1ccc2cc3c(cc2c1)c1ccc2ccccc2c1c1cccnc31.c1ccc2cc3c(cc2c1)c1ncccc1c1ccc2ccccc2c13. The van der Waals surface area contributed by atoms with E-state index in [1.165, 1.54) is 152 Å². The Morgan fingerprint density at radius 1 is 0.239 bits per heavy atom. The van der Waals surface area contributed by atoms with Gasteiger partial charge in [0.2, 0.25) is 11.4 Å². The molecule has 20 aromatic carbocycles. The fraction of sp³-hybridized carbons (Fsp3) is 0.00917. The molecule has 0 saturated carbocycles. The average Bonchev–Trinajstić information content (AvgIpc) is 0.840. The highest BCUT2D eigenvalue weighted by Gasteiger charge is 2.25. The molecule has 8 nitrogen and oxygen atoms in total. The first kappa shape index (κ1) is 68.7. The van der Waals surface area contributed by atoms with Crippen molar-refractivity contribution in [2.24, 2.45) is 0 Å². The molecule has 0 amide bonds. The predicted molar refractivity (Wildman–Crippen MR) is 491 cm³/mol. The van der Waals surface area contributed by atoms with E-state index in [0.717, 1.165) is 59.9 Å². The van der Waals surface area contributed by atoms with Crippen LogP contribution >= 0.6 is 0 Å². The Labute approximate surface area is 671 Å². The van der Waals surface area contributed by atoms with Gasteiger partial charge in [-0.2, -0.15) is 5.26 Å². The molecule has 0 N–H and O–H groups in total. The van der Waals surface area contributed by atoms with Crippen molar-refractivity contribution in [3.8, 4) is 28.3 Å².